The molecular weight excluding hydrogens is 335 g/mol. The van der Waals surface area contributed by atoms with Gasteiger partial charge in [0.25, 0.3) is 0 Å². The molecule has 23 heavy (non-hydrogen) atoms. The molecular formula is C16H24Cl2N4O. The van der Waals surface area contributed by atoms with Gasteiger partial charge in [0.15, 0.2) is 0 Å². The van der Waals surface area contributed by atoms with Gasteiger partial charge in [-0.3, -0.25) is 4.79 Å². The summed E-state index contributed by atoms with van der Waals surface area (Å²) in [6.07, 6.45) is 3.70. The van der Waals surface area contributed by atoms with Crippen molar-refractivity contribution in [3.8, 4) is 0 Å². The van der Waals surface area contributed by atoms with Crippen LogP contribution in [-0.2, 0) is 11.3 Å². The van der Waals surface area contributed by atoms with Crippen LogP contribution in [-0.4, -0.2) is 27.5 Å². The summed E-state index contributed by atoms with van der Waals surface area (Å²) >= 11 is 0. The lowest BCUT2D eigenvalue weighted by Gasteiger charge is -2.22. The molecule has 1 aliphatic carbocycles. The maximum absolute atomic E-state index is 12.2. The number of carbonyl (C=O) groups is 1. The molecule has 1 aliphatic rings. The van der Waals surface area contributed by atoms with Crippen molar-refractivity contribution in [3.63, 3.8) is 0 Å². The van der Waals surface area contributed by atoms with Crippen molar-refractivity contribution in [2.45, 2.75) is 44.7 Å². The van der Waals surface area contributed by atoms with Crippen molar-refractivity contribution in [2.24, 2.45) is 5.73 Å². The Kier molecular flexibility index (Phi) is 6.86. The van der Waals surface area contributed by atoms with Gasteiger partial charge in [0.05, 0.1) is 16.6 Å². The van der Waals surface area contributed by atoms with E-state index in [1.54, 1.807) is 0 Å². The van der Waals surface area contributed by atoms with Crippen LogP contribution in [0.25, 0.3) is 11.0 Å². The zero-order chi connectivity index (χ0) is 14.9. The number of nitrogens with zero attached hydrogens (tertiary/aromatic N) is 2. The molecule has 1 saturated carbocycles. The second-order valence-corrected chi connectivity index (χ2v) is 5.92. The lowest BCUT2D eigenvalue weighted by molar-refractivity contribution is -0.126. The lowest BCUT2D eigenvalue weighted by Crippen LogP contribution is -2.52. The average molecular weight is 359 g/mol. The summed E-state index contributed by atoms with van der Waals surface area (Å²) in [5.74, 6) is 0.954. The number of hydrogen-bond acceptors (Lipinski definition) is 3. The Morgan fingerprint density at radius 1 is 1.30 bits per heavy atom. The smallest absolute Gasteiger partial charge is 0.240 e. The quantitative estimate of drug-likeness (QED) is 0.881. The van der Waals surface area contributed by atoms with Crippen molar-refractivity contribution in [2.75, 3.05) is 6.54 Å². The van der Waals surface area contributed by atoms with Crippen LogP contribution in [0.15, 0.2) is 24.3 Å². The Labute approximate surface area is 148 Å². The maximum atomic E-state index is 12.2. The number of nitrogens with one attached hydrogen (secondary N) is 1. The standard InChI is InChI=1S/C16H22N4O.2ClH/c1-12-19-13-6-2-3-7-14(13)20(12)11-10-18-15(21)16(17)8-4-5-9-16;;/h2-3,6-7H,4-5,8-11,17H2,1H3,(H,18,21);2*1H. The summed E-state index contributed by atoms with van der Waals surface area (Å²) in [6.45, 7) is 3.29. The fourth-order valence-corrected chi connectivity index (χ4v) is 3.17. The van der Waals surface area contributed by atoms with Gasteiger partial charge in [-0.1, -0.05) is 25.0 Å². The van der Waals surface area contributed by atoms with Gasteiger partial charge in [0.2, 0.25) is 5.91 Å². The Morgan fingerprint density at radius 2 is 1.96 bits per heavy atom. The molecule has 1 fully saturated rings. The van der Waals surface area contributed by atoms with Crippen LogP contribution in [0, 0.1) is 6.92 Å². The zero-order valence-corrected chi connectivity index (χ0v) is 14.9. The summed E-state index contributed by atoms with van der Waals surface area (Å²) in [5.41, 5.74) is 7.60. The van der Waals surface area contributed by atoms with Gasteiger partial charge in [-0.2, -0.15) is 0 Å². The minimum absolute atomic E-state index is 0. The zero-order valence-electron chi connectivity index (χ0n) is 13.2. The van der Waals surface area contributed by atoms with Crippen molar-refractivity contribution in [1.82, 2.24) is 14.9 Å². The summed E-state index contributed by atoms with van der Waals surface area (Å²) in [5, 5.41) is 2.98. The van der Waals surface area contributed by atoms with E-state index >= 15 is 0 Å². The Hall–Kier alpha value is -1.30. The van der Waals surface area contributed by atoms with E-state index in [1.165, 1.54) is 0 Å². The van der Waals surface area contributed by atoms with E-state index < -0.39 is 5.54 Å². The van der Waals surface area contributed by atoms with E-state index in [0.29, 0.717) is 13.1 Å². The highest BCUT2D eigenvalue weighted by Gasteiger charge is 2.36. The van der Waals surface area contributed by atoms with Crippen LogP contribution in [0.3, 0.4) is 0 Å². The number of nitrogens with two attached hydrogens (primary N) is 1. The monoisotopic (exact) mass is 358 g/mol. The lowest BCUT2D eigenvalue weighted by atomic mass is 9.98. The molecule has 0 radical (unpaired) electrons. The van der Waals surface area contributed by atoms with Gasteiger partial charge in [-0.05, 0) is 31.9 Å². The molecule has 7 heteroatoms. The molecule has 1 heterocycles. The molecule has 1 amide bonds. The summed E-state index contributed by atoms with van der Waals surface area (Å²) in [7, 11) is 0. The molecule has 0 bridgehead atoms. The second kappa shape index (κ2) is 7.99. The number of hydrogen-bond donors (Lipinski definition) is 2. The highest BCUT2D eigenvalue weighted by atomic mass is 35.5. The van der Waals surface area contributed by atoms with Gasteiger partial charge in [0.1, 0.15) is 5.82 Å². The number of benzene rings is 1. The van der Waals surface area contributed by atoms with Gasteiger partial charge in [-0.15, -0.1) is 24.8 Å². The van der Waals surface area contributed by atoms with E-state index in [9.17, 15) is 4.79 Å². The molecule has 3 rings (SSSR count). The van der Waals surface area contributed by atoms with E-state index in [2.05, 4.69) is 20.9 Å². The first-order valence-corrected chi connectivity index (χ1v) is 7.59. The molecule has 2 aromatic rings. The number of para-hydroxylation sites is 2. The average Bonchev–Trinajstić information content (AvgIpc) is 3.04. The minimum Gasteiger partial charge on any atom is -0.353 e. The molecule has 0 spiro atoms. The summed E-state index contributed by atoms with van der Waals surface area (Å²) in [6, 6.07) is 8.05. The SMILES string of the molecule is Cc1nc2ccccc2n1CCNC(=O)C1(N)CCCC1.Cl.Cl. The predicted octanol–water partition coefficient (Wildman–Crippen LogP) is 2.58. The van der Waals surface area contributed by atoms with Crippen molar-refractivity contribution in [3.05, 3.63) is 30.1 Å². The van der Waals surface area contributed by atoms with E-state index in [1.807, 2.05) is 25.1 Å². The number of halogens is 2. The highest BCUT2D eigenvalue weighted by Crippen LogP contribution is 2.27. The topological polar surface area (TPSA) is 72.9 Å². The Morgan fingerprint density at radius 3 is 2.65 bits per heavy atom. The minimum atomic E-state index is -0.647. The van der Waals surface area contributed by atoms with E-state index in [-0.39, 0.29) is 30.7 Å². The first-order chi connectivity index (χ1) is 10.1. The van der Waals surface area contributed by atoms with E-state index in [4.69, 9.17) is 5.73 Å². The van der Waals surface area contributed by atoms with Gasteiger partial charge in [0, 0.05) is 13.1 Å². The number of fused-ring (bicyclic) bond motifs is 1. The molecule has 128 valence electrons. The van der Waals surface area contributed by atoms with Crippen LogP contribution >= 0.6 is 24.8 Å². The fraction of sp³-hybridized carbons (Fsp3) is 0.500. The highest BCUT2D eigenvalue weighted by molar-refractivity contribution is 5.86. The molecule has 1 aromatic heterocycles. The first-order valence-electron chi connectivity index (χ1n) is 7.59. The van der Waals surface area contributed by atoms with Crippen LogP contribution in [0.4, 0.5) is 0 Å². The van der Waals surface area contributed by atoms with Crippen molar-refractivity contribution < 1.29 is 4.79 Å². The Balaban J connectivity index is 0.00000132. The fourth-order valence-electron chi connectivity index (χ4n) is 3.17. The third kappa shape index (κ3) is 3.97. The van der Waals surface area contributed by atoms with Crippen LogP contribution in [0.2, 0.25) is 0 Å². The molecule has 5 nitrogen and oxygen atoms in total. The second-order valence-electron chi connectivity index (χ2n) is 5.92. The summed E-state index contributed by atoms with van der Waals surface area (Å²) in [4.78, 5) is 16.7. The number of imidazole rings is 1. The number of carbonyl (C=O) groups excluding carboxylic acids is 1. The normalized spacial score (nSPS) is 15.7. The van der Waals surface area contributed by atoms with Crippen LogP contribution in [0.1, 0.15) is 31.5 Å². The van der Waals surface area contributed by atoms with Gasteiger partial charge < -0.3 is 15.6 Å². The molecule has 3 N–H and O–H groups in total. The van der Waals surface area contributed by atoms with Crippen LogP contribution in [0.5, 0.6) is 0 Å². The number of aromatic nitrogens is 2. The number of aryl methyl sites for hydroxylation is 1. The molecule has 0 atom stereocenters. The van der Waals surface area contributed by atoms with Crippen LogP contribution < -0.4 is 11.1 Å². The number of rotatable bonds is 4. The first kappa shape index (κ1) is 19.7. The maximum Gasteiger partial charge on any atom is 0.240 e. The molecule has 0 saturated heterocycles. The predicted molar refractivity (Wildman–Crippen MR) is 97.4 cm³/mol. The molecule has 1 aromatic carbocycles. The third-order valence-corrected chi connectivity index (χ3v) is 4.41. The molecule has 0 unspecified atom stereocenters. The van der Waals surface area contributed by atoms with Gasteiger partial charge >= 0.3 is 0 Å². The van der Waals surface area contributed by atoms with Crippen molar-refractivity contribution >= 4 is 41.8 Å². The van der Waals surface area contributed by atoms with E-state index in [0.717, 1.165) is 42.5 Å². The largest absolute Gasteiger partial charge is 0.353 e. The third-order valence-electron chi connectivity index (χ3n) is 4.41. The number of amides is 1. The molecule has 0 aliphatic heterocycles. The van der Waals surface area contributed by atoms with Gasteiger partial charge in [-0.25, -0.2) is 4.98 Å². The van der Waals surface area contributed by atoms with Crippen molar-refractivity contribution in [1.29, 1.82) is 0 Å². The summed E-state index contributed by atoms with van der Waals surface area (Å²) < 4.78 is 2.13. The Bertz CT molecular complexity index is 665.